The molecule has 2 atom stereocenters. The van der Waals surface area contributed by atoms with Crippen LogP contribution in [-0.2, 0) is 4.79 Å². The molecule has 0 bridgehead atoms. The molecule has 4 aromatic rings. The number of ether oxygens (including phenoxy) is 1. The van der Waals surface area contributed by atoms with Gasteiger partial charge < -0.3 is 15.5 Å². The van der Waals surface area contributed by atoms with E-state index in [9.17, 15) is 4.79 Å². The summed E-state index contributed by atoms with van der Waals surface area (Å²) >= 11 is 1.40. The lowest BCUT2D eigenvalue weighted by Crippen LogP contribution is -2.41. The molecule has 0 saturated carbocycles. The number of nitrogens with zero attached hydrogens (tertiary/aromatic N) is 3. The Bertz CT molecular complexity index is 1270. The van der Waals surface area contributed by atoms with Crippen LogP contribution in [0.4, 0.5) is 5.69 Å². The van der Waals surface area contributed by atoms with Crippen molar-refractivity contribution in [3.05, 3.63) is 90.0 Å². The molecule has 0 spiro atoms. The largest absolute Gasteiger partial charge is 0.494 e. The number of aromatic nitrogens is 3. The number of anilines is 1. The van der Waals surface area contributed by atoms with Gasteiger partial charge in [0.1, 0.15) is 11.0 Å². The van der Waals surface area contributed by atoms with E-state index >= 15 is 0 Å². The molecule has 8 heteroatoms. The van der Waals surface area contributed by atoms with Gasteiger partial charge in [-0.05, 0) is 43.7 Å². The topological polar surface area (TPSA) is 81.1 Å². The molecule has 2 N–H and O–H groups in total. The lowest BCUT2D eigenvalue weighted by atomic mass is 10.0. The van der Waals surface area contributed by atoms with E-state index in [1.165, 1.54) is 11.8 Å². The third kappa shape index (κ3) is 4.49. The predicted molar refractivity (Wildman–Crippen MR) is 135 cm³/mol. The highest BCUT2D eigenvalue weighted by atomic mass is 32.2. The van der Waals surface area contributed by atoms with Gasteiger partial charge in [-0.3, -0.25) is 4.79 Å². The summed E-state index contributed by atoms with van der Waals surface area (Å²) in [7, 11) is 0. The van der Waals surface area contributed by atoms with Crippen molar-refractivity contribution < 1.29 is 9.53 Å². The predicted octanol–water partition coefficient (Wildman–Crippen LogP) is 5.05. The van der Waals surface area contributed by atoms with Crippen molar-refractivity contribution in [1.29, 1.82) is 0 Å². The van der Waals surface area contributed by atoms with E-state index in [0.717, 1.165) is 28.1 Å². The maximum Gasteiger partial charge on any atom is 0.240 e. The van der Waals surface area contributed by atoms with Crippen LogP contribution in [0.3, 0.4) is 0 Å². The smallest absolute Gasteiger partial charge is 0.240 e. The van der Waals surface area contributed by atoms with E-state index in [1.54, 1.807) is 0 Å². The zero-order chi connectivity index (χ0) is 23.5. The Kier molecular flexibility index (Phi) is 6.22. The van der Waals surface area contributed by atoms with Gasteiger partial charge in [0, 0.05) is 11.3 Å². The van der Waals surface area contributed by atoms with Gasteiger partial charge in [0.15, 0.2) is 5.82 Å². The van der Waals surface area contributed by atoms with Crippen molar-refractivity contribution in [2.24, 2.45) is 0 Å². The average molecular weight is 472 g/mol. The van der Waals surface area contributed by atoms with Gasteiger partial charge in [-0.25, -0.2) is 4.68 Å². The van der Waals surface area contributed by atoms with Gasteiger partial charge in [-0.1, -0.05) is 71.9 Å². The molecule has 172 valence electrons. The van der Waals surface area contributed by atoms with Crippen molar-refractivity contribution in [3.63, 3.8) is 0 Å². The normalized spacial score (nSPS) is 16.9. The molecule has 1 amide bonds. The van der Waals surface area contributed by atoms with Crippen molar-refractivity contribution >= 4 is 23.4 Å². The molecule has 0 unspecified atom stereocenters. The minimum Gasteiger partial charge on any atom is -0.494 e. The molecule has 5 rings (SSSR count). The Morgan fingerprint density at radius 2 is 1.76 bits per heavy atom. The summed E-state index contributed by atoms with van der Waals surface area (Å²) in [6.07, 6.45) is 0. The first-order valence-corrected chi connectivity index (χ1v) is 12.0. The second-order valence-electron chi connectivity index (χ2n) is 8.01. The van der Waals surface area contributed by atoms with Crippen LogP contribution in [0.15, 0.2) is 84.0 Å². The van der Waals surface area contributed by atoms with Crippen LogP contribution in [0, 0.1) is 6.92 Å². The fraction of sp³-hybridized carbons (Fsp3) is 0.192. The highest BCUT2D eigenvalue weighted by molar-refractivity contribution is 8.00. The van der Waals surface area contributed by atoms with E-state index in [2.05, 4.69) is 20.9 Å². The van der Waals surface area contributed by atoms with Crippen LogP contribution in [0.5, 0.6) is 5.75 Å². The molecule has 1 aliphatic heterocycles. The fourth-order valence-electron chi connectivity index (χ4n) is 3.87. The summed E-state index contributed by atoms with van der Waals surface area (Å²) in [6.45, 7) is 4.58. The van der Waals surface area contributed by atoms with E-state index in [1.807, 2.05) is 97.4 Å². The van der Waals surface area contributed by atoms with Gasteiger partial charge in [0.05, 0.1) is 12.6 Å². The Balaban J connectivity index is 1.49. The Labute approximate surface area is 202 Å². The number of carbonyl (C=O) groups is 1. The number of nitrogens with one attached hydrogen (secondary N) is 2. The minimum atomic E-state index is -0.459. The molecule has 0 aliphatic carbocycles. The standard InChI is InChI=1S/C26H25N5O2S/c1-3-33-21-15-11-18(12-16-21)22-23(25(32)27-20-13-9-17(2)10-14-20)34-26-29-28-24(31(26)30-22)19-7-5-4-6-8-19/h4-16,22-23,30H,3H2,1-2H3,(H,27,32)/t22-,23+/m0/s1. The first-order chi connectivity index (χ1) is 16.6. The maximum atomic E-state index is 13.4. The van der Waals surface area contributed by atoms with Gasteiger partial charge >= 0.3 is 0 Å². The SMILES string of the molecule is CCOc1ccc([C@@H]2Nn3c(nnc3-c3ccccc3)S[C@H]2C(=O)Nc2ccc(C)cc2)cc1. The van der Waals surface area contributed by atoms with Crippen LogP contribution in [0.2, 0.25) is 0 Å². The molecule has 0 radical (unpaired) electrons. The number of hydrogen-bond donors (Lipinski definition) is 2. The lowest BCUT2D eigenvalue weighted by Gasteiger charge is -2.33. The molecule has 1 aromatic heterocycles. The van der Waals surface area contributed by atoms with Gasteiger partial charge in [0.25, 0.3) is 0 Å². The summed E-state index contributed by atoms with van der Waals surface area (Å²) in [5.74, 6) is 1.40. The van der Waals surface area contributed by atoms with Crippen molar-refractivity contribution in [3.8, 4) is 17.1 Å². The van der Waals surface area contributed by atoms with Crippen LogP contribution < -0.4 is 15.5 Å². The summed E-state index contributed by atoms with van der Waals surface area (Å²) in [4.78, 5) is 13.4. The van der Waals surface area contributed by atoms with Crippen LogP contribution in [0.1, 0.15) is 24.1 Å². The van der Waals surface area contributed by atoms with Gasteiger partial charge in [-0.15, -0.1) is 10.2 Å². The van der Waals surface area contributed by atoms with Crippen molar-refractivity contribution in [1.82, 2.24) is 14.9 Å². The Morgan fingerprint density at radius 3 is 2.47 bits per heavy atom. The summed E-state index contributed by atoms with van der Waals surface area (Å²) in [5.41, 5.74) is 7.33. The number of amides is 1. The second-order valence-corrected chi connectivity index (χ2v) is 9.12. The fourth-order valence-corrected chi connectivity index (χ4v) is 4.95. The molecule has 34 heavy (non-hydrogen) atoms. The number of aryl methyl sites for hydroxylation is 1. The van der Waals surface area contributed by atoms with E-state index in [-0.39, 0.29) is 11.9 Å². The van der Waals surface area contributed by atoms with E-state index in [0.29, 0.717) is 17.6 Å². The summed E-state index contributed by atoms with van der Waals surface area (Å²) in [6, 6.07) is 25.2. The number of thioether (sulfide) groups is 1. The van der Waals surface area contributed by atoms with Crippen LogP contribution in [-0.4, -0.2) is 32.6 Å². The monoisotopic (exact) mass is 471 g/mol. The lowest BCUT2D eigenvalue weighted by molar-refractivity contribution is -0.116. The molecule has 1 aliphatic rings. The summed E-state index contributed by atoms with van der Waals surface area (Å²) in [5, 5.41) is 12.0. The number of benzene rings is 3. The quantitative estimate of drug-likeness (QED) is 0.410. The second kappa shape index (κ2) is 9.61. The summed E-state index contributed by atoms with van der Waals surface area (Å²) < 4.78 is 7.47. The number of fused-ring (bicyclic) bond motifs is 1. The number of carbonyl (C=O) groups excluding carboxylic acids is 1. The van der Waals surface area contributed by atoms with Gasteiger partial charge in [0.2, 0.25) is 11.1 Å². The highest BCUT2D eigenvalue weighted by Crippen LogP contribution is 2.39. The van der Waals surface area contributed by atoms with Crippen LogP contribution in [0.25, 0.3) is 11.4 Å². The Morgan fingerprint density at radius 1 is 1.03 bits per heavy atom. The van der Waals surface area contributed by atoms with E-state index < -0.39 is 5.25 Å². The molecular weight excluding hydrogens is 446 g/mol. The number of rotatable bonds is 6. The number of hydrogen-bond acceptors (Lipinski definition) is 6. The van der Waals surface area contributed by atoms with Gasteiger partial charge in [-0.2, -0.15) is 0 Å². The molecule has 7 nitrogen and oxygen atoms in total. The third-order valence-corrected chi connectivity index (χ3v) is 6.81. The maximum absolute atomic E-state index is 13.4. The molecule has 0 fully saturated rings. The zero-order valence-corrected chi connectivity index (χ0v) is 19.8. The highest BCUT2D eigenvalue weighted by Gasteiger charge is 2.38. The van der Waals surface area contributed by atoms with Crippen molar-refractivity contribution in [2.45, 2.75) is 30.3 Å². The zero-order valence-electron chi connectivity index (χ0n) is 18.9. The van der Waals surface area contributed by atoms with E-state index in [4.69, 9.17) is 4.74 Å². The molecule has 3 aromatic carbocycles. The van der Waals surface area contributed by atoms with Crippen molar-refractivity contribution in [2.75, 3.05) is 17.3 Å². The third-order valence-electron chi connectivity index (χ3n) is 5.60. The van der Waals surface area contributed by atoms with Crippen LogP contribution >= 0.6 is 11.8 Å². The molecular formula is C26H25N5O2S. The first-order valence-electron chi connectivity index (χ1n) is 11.2. The Hall–Kier alpha value is -3.78. The molecule has 2 heterocycles. The first kappa shape index (κ1) is 22.0. The minimum absolute atomic E-state index is 0.101. The average Bonchev–Trinajstić information content (AvgIpc) is 3.29. The molecule has 0 saturated heterocycles.